The van der Waals surface area contributed by atoms with Crippen LogP contribution in [-0.2, 0) is 4.79 Å². The summed E-state index contributed by atoms with van der Waals surface area (Å²) in [4.78, 5) is 23.3. The van der Waals surface area contributed by atoms with Crippen LogP contribution < -0.4 is 5.43 Å². The zero-order valence-corrected chi connectivity index (χ0v) is 20.1. The lowest BCUT2D eigenvalue weighted by atomic mass is 10.1. The van der Waals surface area contributed by atoms with Crippen LogP contribution in [0.2, 0.25) is 5.02 Å². The number of halogens is 1. The molecule has 2 N–H and O–H groups in total. The molecule has 0 aliphatic carbocycles. The van der Waals surface area contributed by atoms with Crippen molar-refractivity contribution in [2.75, 3.05) is 5.75 Å². The first-order valence-corrected chi connectivity index (χ1v) is 11.8. The first-order valence-electron chi connectivity index (χ1n) is 10.5. The largest absolute Gasteiger partial charge is 0.478 e. The number of carboxylic acid groups (broad SMARTS) is 1. The van der Waals surface area contributed by atoms with Crippen molar-refractivity contribution in [3.63, 3.8) is 0 Å². The Morgan fingerprint density at radius 2 is 1.71 bits per heavy atom. The predicted octanol–water partition coefficient (Wildman–Crippen LogP) is 4.84. The van der Waals surface area contributed by atoms with Crippen molar-refractivity contribution in [2.24, 2.45) is 5.10 Å². The van der Waals surface area contributed by atoms with Crippen LogP contribution in [0.15, 0.2) is 83.1 Å². The summed E-state index contributed by atoms with van der Waals surface area (Å²) in [5.74, 6) is -0.612. The van der Waals surface area contributed by atoms with Gasteiger partial charge in [0.2, 0.25) is 0 Å². The highest BCUT2D eigenvalue weighted by Gasteiger charge is 2.17. The molecule has 4 rings (SSSR count). The van der Waals surface area contributed by atoms with Crippen LogP contribution in [-0.4, -0.2) is 43.7 Å². The molecule has 4 aromatic rings. The van der Waals surface area contributed by atoms with Gasteiger partial charge in [0.25, 0.3) is 5.91 Å². The second-order valence-electron chi connectivity index (χ2n) is 7.49. The van der Waals surface area contributed by atoms with E-state index in [0.29, 0.717) is 21.6 Å². The lowest BCUT2D eigenvalue weighted by Crippen LogP contribution is -2.20. The van der Waals surface area contributed by atoms with Gasteiger partial charge in [0, 0.05) is 16.3 Å². The van der Waals surface area contributed by atoms with Crippen LogP contribution in [0.25, 0.3) is 17.1 Å². The van der Waals surface area contributed by atoms with Gasteiger partial charge in [-0.05, 0) is 48.9 Å². The second kappa shape index (κ2) is 11.0. The quantitative estimate of drug-likeness (QED) is 0.201. The fourth-order valence-electron chi connectivity index (χ4n) is 3.13. The molecule has 0 unspecified atom stereocenters. The molecule has 0 radical (unpaired) electrons. The molecule has 3 aromatic carbocycles. The topological polar surface area (TPSA) is 109 Å². The Balaban J connectivity index is 1.47. The molecule has 0 aliphatic rings. The van der Waals surface area contributed by atoms with E-state index in [1.165, 1.54) is 30.1 Å². The average Bonchev–Trinajstić information content (AvgIpc) is 3.28. The summed E-state index contributed by atoms with van der Waals surface area (Å²) in [5.41, 5.74) is 6.16. The third kappa shape index (κ3) is 6.14. The zero-order valence-electron chi connectivity index (χ0n) is 18.6. The fourth-order valence-corrected chi connectivity index (χ4v) is 4.00. The number of carbonyl (C=O) groups excluding carboxylic acids is 1. The van der Waals surface area contributed by atoms with Gasteiger partial charge in [-0.3, -0.25) is 9.36 Å². The summed E-state index contributed by atoms with van der Waals surface area (Å²) in [6.07, 6.45) is 1.44. The van der Waals surface area contributed by atoms with Gasteiger partial charge in [0.1, 0.15) is 0 Å². The van der Waals surface area contributed by atoms with Crippen LogP contribution in [0.1, 0.15) is 21.5 Å². The van der Waals surface area contributed by atoms with Crippen molar-refractivity contribution in [3.05, 3.63) is 94.5 Å². The Kier molecular flexibility index (Phi) is 7.59. The summed E-state index contributed by atoms with van der Waals surface area (Å²) < 4.78 is 1.88. The van der Waals surface area contributed by atoms with Crippen LogP contribution in [0.5, 0.6) is 0 Å². The molecule has 0 saturated carbocycles. The molecule has 0 spiro atoms. The maximum absolute atomic E-state index is 12.4. The number of carboxylic acids is 1. The lowest BCUT2D eigenvalue weighted by molar-refractivity contribution is -0.118. The Bertz CT molecular complexity index is 1370. The third-order valence-corrected chi connectivity index (χ3v) is 6.10. The number of hydrogen-bond acceptors (Lipinski definition) is 6. The molecule has 8 nitrogen and oxygen atoms in total. The van der Waals surface area contributed by atoms with E-state index in [9.17, 15) is 9.59 Å². The number of hydrogen-bond donors (Lipinski definition) is 2. The Morgan fingerprint density at radius 3 is 2.37 bits per heavy atom. The average molecular weight is 506 g/mol. The number of thioether (sulfide) groups is 1. The van der Waals surface area contributed by atoms with Crippen LogP contribution >= 0.6 is 23.4 Å². The van der Waals surface area contributed by atoms with Crippen LogP contribution in [0.4, 0.5) is 0 Å². The Labute approximate surface area is 210 Å². The van der Waals surface area contributed by atoms with Gasteiger partial charge in [-0.1, -0.05) is 65.3 Å². The number of aromatic nitrogens is 3. The highest BCUT2D eigenvalue weighted by molar-refractivity contribution is 7.99. The van der Waals surface area contributed by atoms with E-state index in [1.807, 2.05) is 47.9 Å². The molecule has 176 valence electrons. The van der Waals surface area contributed by atoms with Crippen molar-refractivity contribution in [3.8, 4) is 17.1 Å². The van der Waals surface area contributed by atoms with E-state index in [0.717, 1.165) is 16.8 Å². The van der Waals surface area contributed by atoms with Crippen molar-refractivity contribution < 1.29 is 14.7 Å². The van der Waals surface area contributed by atoms with Gasteiger partial charge >= 0.3 is 5.97 Å². The summed E-state index contributed by atoms with van der Waals surface area (Å²) in [6.45, 7) is 2.02. The minimum absolute atomic E-state index is 0.0644. The molecule has 1 heterocycles. The zero-order chi connectivity index (χ0) is 24.8. The first kappa shape index (κ1) is 24.2. The standard InChI is InChI=1S/C25H20ClN5O3S/c1-16-2-6-18(7-3-16)23-29-30-25(31(23)21-12-10-20(26)11-13-21)35-15-22(32)28-27-14-17-4-8-19(9-5-17)24(33)34/h2-14H,15H2,1H3,(H,28,32)(H,33,34)/b27-14+. The number of carbonyl (C=O) groups is 2. The molecule has 0 aliphatic heterocycles. The van der Waals surface area contributed by atoms with Crippen LogP contribution in [0, 0.1) is 6.92 Å². The Hall–Kier alpha value is -3.95. The fraction of sp³-hybridized carbons (Fsp3) is 0.0800. The maximum atomic E-state index is 12.4. The monoisotopic (exact) mass is 505 g/mol. The number of nitrogens with zero attached hydrogens (tertiary/aromatic N) is 4. The number of amides is 1. The predicted molar refractivity (Wildman–Crippen MR) is 136 cm³/mol. The van der Waals surface area contributed by atoms with Gasteiger partial charge in [0.15, 0.2) is 11.0 Å². The molecule has 1 aromatic heterocycles. The highest BCUT2D eigenvalue weighted by atomic mass is 35.5. The number of hydrazone groups is 1. The molecule has 10 heteroatoms. The summed E-state index contributed by atoms with van der Waals surface area (Å²) in [5, 5.41) is 22.7. The number of aryl methyl sites for hydroxylation is 1. The summed E-state index contributed by atoms with van der Waals surface area (Å²) in [7, 11) is 0. The number of aromatic carboxylic acids is 1. The molecule has 35 heavy (non-hydrogen) atoms. The third-order valence-electron chi connectivity index (χ3n) is 4.92. The molecule has 0 bridgehead atoms. The van der Waals surface area contributed by atoms with Crippen molar-refractivity contribution in [2.45, 2.75) is 12.1 Å². The van der Waals surface area contributed by atoms with Gasteiger partial charge in [-0.2, -0.15) is 5.10 Å². The Morgan fingerprint density at radius 1 is 1.03 bits per heavy atom. The molecule has 0 atom stereocenters. The molecular weight excluding hydrogens is 486 g/mol. The SMILES string of the molecule is Cc1ccc(-c2nnc(SCC(=O)N/N=C/c3ccc(C(=O)O)cc3)n2-c2ccc(Cl)cc2)cc1. The number of benzene rings is 3. The van der Waals surface area contributed by atoms with Gasteiger partial charge in [0.05, 0.1) is 17.5 Å². The normalized spacial score (nSPS) is 11.0. The van der Waals surface area contributed by atoms with Gasteiger partial charge in [-0.25, -0.2) is 10.2 Å². The number of nitrogens with one attached hydrogen (secondary N) is 1. The minimum Gasteiger partial charge on any atom is -0.478 e. The van der Waals surface area contributed by atoms with Gasteiger partial charge < -0.3 is 5.11 Å². The summed E-state index contributed by atoms with van der Waals surface area (Å²) in [6, 6.07) is 21.4. The van der Waals surface area contributed by atoms with E-state index in [1.54, 1.807) is 24.3 Å². The second-order valence-corrected chi connectivity index (χ2v) is 8.87. The summed E-state index contributed by atoms with van der Waals surface area (Å²) >= 11 is 7.30. The lowest BCUT2D eigenvalue weighted by Gasteiger charge is -2.10. The van der Waals surface area contributed by atoms with Crippen molar-refractivity contribution >= 4 is 41.5 Å². The van der Waals surface area contributed by atoms with E-state index < -0.39 is 5.97 Å². The first-order chi connectivity index (χ1) is 16.9. The van der Waals surface area contributed by atoms with Crippen molar-refractivity contribution in [1.29, 1.82) is 0 Å². The van der Waals surface area contributed by atoms with E-state index >= 15 is 0 Å². The van der Waals surface area contributed by atoms with Gasteiger partial charge in [-0.15, -0.1) is 10.2 Å². The molecular formula is C25H20ClN5O3S. The molecule has 0 fully saturated rings. The molecule has 1 amide bonds. The van der Waals surface area contributed by atoms with E-state index in [-0.39, 0.29) is 17.2 Å². The highest BCUT2D eigenvalue weighted by Crippen LogP contribution is 2.28. The molecule has 0 saturated heterocycles. The smallest absolute Gasteiger partial charge is 0.335 e. The van der Waals surface area contributed by atoms with E-state index in [4.69, 9.17) is 16.7 Å². The van der Waals surface area contributed by atoms with Crippen molar-refractivity contribution in [1.82, 2.24) is 20.2 Å². The van der Waals surface area contributed by atoms with Crippen LogP contribution in [0.3, 0.4) is 0 Å². The maximum Gasteiger partial charge on any atom is 0.335 e. The minimum atomic E-state index is -1.00. The number of rotatable bonds is 8. The van der Waals surface area contributed by atoms with E-state index in [2.05, 4.69) is 20.7 Å².